The third-order valence-corrected chi connectivity index (χ3v) is 3.28. The monoisotopic (exact) mass is 298 g/mol. The fourth-order valence-corrected chi connectivity index (χ4v) is 2.25. The quantitative estimate of drug-likeness (QED) is 0.807. The highest BCUT2D eigenvalue weighted by atomic mass is 19.4. The zero-order valence-corrected chi connectivity index (χ0v) is 11.5. The molecule has 0 aliphatic rings. The Kier molecular flexibility index (Phi) is 4.05. The lowest BCUT2D eigenvalue weighted by Gasteiger charge is -2.17. The van der Waals surface area contributed by atoms with Crippen LogP contribution in [0.5, 0.6) is 0 Å². The van der Waals surface area contributed by atoms with Crippen molar-refractivity contribution in [3.8, 4) is 0 Å². The minimum Gasteiger partial charge on any atom is -0.384 e. The van der Waals surface area contributed by atoms with Crippen molar-refractivity contribution < 1.29 is 22.7 Å². The van der Waals surface area contributed by atoms with Gasteiger partial charge >= 0.3 is 6.18 Å². The van der Waals surface area contributed by atoms with Crippen LogP contribution in [-0.4, -0.2) is 5.11 Å². The maximum atomic E-state index is 13.4. The lowest BCUT2D eigenvalue weighted by atomic mass is 9.95. The van der Waals surface area contributed by atoms with Gasteiger partial charge in [0, 0.05) is 0 Å². The zero-order valence-electron chi connectivity index (χ0n) is 11.5. The second-order valence-electron chi connectivity index (χ2n) is 5.03. The summed E-state index contributed by atoms with van der Waals surface area (Å²) in [5.41, 5.74) is 0.939. The average Bonchev–Trinajstić information content (AvgIpc) is 2.36. The van der Waals surface area contributed by atoms with E-state index in [0.717, 1.165) is 23.3 Å². The first-order valence-corrected chi connectivity index (χ1v) is 6.31. The molecule has 0 fully saturated rings. The van der Waals surface area contributed by atoms with Crippen LogP contribution in [0.4, 0.5) is 17.6 Å². The van der Waals surface area contributed by atoms with Gasteiger partial charge in [-0.3, -0.25) is 0 Å². The number of aliphatic hydroxyl groups is 1. The van der Waals surface area contributed by atoms with E-state index in [0.29, 0.717) is 11.6 Å². The molecule has 0 bridgehead atoms. The van der Waals surface area contributed by atoms with Gasteiger partial charge < -0.3 is 5.11 Å². The molecular formula is C16H14F4O. The second kappa shape index (κ2) is 5.48. The van der Waals surface area contributed by atoms with Gasteiger partial charge in [0.15, 0.2) is 0 Å². The zero-order chi connectivity index (χ0) is 15.8. The summed E-state index contributed by atoms with van der Waals surface area (Å²) < 4.78 is 51.5. The van der Waals surface area contributed by atoms with Gasteiger partial charge in [0.25, 0.3) is 0 Å². The maximum absolute atomic E-state index is 13.4. The van der Waals surface area contributed by atoms with Gasteiger partial charge in [0.05, 0.1) is 5.56 Å². The van der Waals surface area contributed by atoms with Gasteiger partial charge in [-0.2, -0.15) is 13.2 Å². The summed E-state index contributed by atoms with van der Waals surface area (Å²) in [4.78, 5) is 0. The Bertz CT molecular complexity index is 662. The van der Waals surface area contributed by atoms with Crippen molar-refractivity contribution in [1.82, 2.24) is 0 Å². The number of alkyl halides is 3. The van der Waals surface area contributed by atoms with Crippen LogP contribution >= 0.6 is 0 Å². The molecule has 0 saturated carbocycles. The van der Waals surface area contributed by atoms with Crippen LogP contribution in [0.3, 0.4) is 0 Å². The molecule has 112 valence electrons. The van der Waals surface area contributed by atoms with Crippen molar-refractivity contribution in [2.75, 3.05) is 0 Å². The van der Waals surface area contributed by atoms with E-state index in [1.54, 1.807) is 19.1 Å². The molecule has 5 heteroatoms. The normalized spacial score (nSPS) is 13.3. The maximum Gasteiger partial charge on any atom is 0.416 e. The molecule has 0 aromatic heterocycles. The summed E-state index contributed by atoms with van der Waals surface area (Å²) in [6.45, 7) is 3.61. The van der Waals surface area contributed by atoms with Crippen molar-refractivity contribution in [3.63, 3.8) is 0 Å². The lowest BCUT2D eigenvalue weighted by molar-refractivity contribution is -0.137. The third kappa shape index (κ3) is 3.42. The minimum absolute atomic E-state index is 0.116. The predicted octanol–water partition coefficient (Wildman–Crippen LogP) is 4.54. The number of hydrogen-bond acceptors (Lipinski definition) is 1. The number of aliphatic hydroxyl groups excluding tert-OH is 1. The standard InChI is InChI=1S/C16H14F4O/c1-9-3-4-14(10(2)5-9)15(21)11-6-12(16(18,19)20)8-13(17)7-11/h3-8,15,21H,1-2H3. The van der Waals surface area contributed by atoms with Crippen LogP contribution < -0.4 is 0 Å². The number of aryl methyl sites for hydroxylation is 2. The average molecular weight is 298 g/mol. The van der Waals surface area contributed by atoms with E-state index in [1.165, 1.54) is 0 Å². The van der Waals surface area contributed by atoms with Gasteiger partial charge in [0.1, 0.15) is 11.9 Å². The van der Waals surface area contributed by atoms with Crippen molar-refractivity contribution in [1.29, 1.82) is 0 Å². The number of rotatable bonds is 2. The molecule has 1 unspecified atom stereocenters. The van der Waals surface area contributed by atoms with E-state index in [-0.39, 0.29) is 5.56 Å². The fourth-order valence-electron chi connectivity index (χ4n) is 2.25. The molecule has 0 aliphatic carbocycles. The molecule has 2 aromatic carbocycles. The summed E-state index contributed by atoms with van der Waals surface area (Å²) in [6.07, 6.45) is -5.96. The molecule has 0 spiro atoms. The number of hydrogen-bond donors (Lipinski definition) is 1. The van der Waals surface area contributed by atoms with E-state index in [9.17, 15) is 22.7 Å². The molecule has 2 aromatic rings. The number of halogens is 4. The molecule has 0 amide bonds. The first kappa shape index (κ1) is 15.5. The van der Waals surface area contributed by atoms with E-state index in [4.69, 9.17) is 0 Å². The molecule has 1 atom stereocenters. The number of benzene rings is 2. The first-order valence-electron chi connectivity index (χ1n) is 6.31. The predicted molar refractivity (Wildman–Crippen MR) is 71.4 cm³/mol. The molecule has 0 saturated heterocycles. The first-order chi connectivity index (χ1) is 9.68. The summed E-state index contributed by atoms with van der Waals surface area (Å²) in [5.74, 6) is -1.02. The van der Waals surface area contributed by atoms with Gasteiger partial charge in [0.2, 0.25) is 0 Å². The van der Waals surface area contributed by atoms with Crippen LogP contribution in [0.15, 0.2) is 36.4 Å². The Morgan fingerprint density at radius 3 is 2.24 bits per heavy atom. The van der Waals surface area contributed by atoms with Crippen LogP contribution in [-0.2, 0) is 6.18 Å². The molecular weight excluding hydrogens is 284 g/mol. The van der Waals surface area contributed by atoms with E-state index < -0.39 is 23.7 Å². The highest BCUT2D eigenvalue weighted by Crippen LogP contribution is 2.33. The van der Waals surface area contributed by atoms with E-state index in [2.05, 4.69) is 0 Å². The smallest absolute Gasteiger partial charge is 0.384 e. The highest BCUT2D eigenvalue weighted by Gasteiger charge is 2.32. The second-order valence-corrected chi connectivity index (χ2v) is 5.03. The molecule has 2 rings (SSSR count). The molecule has 1 nitrogen and oxygen atoms in total. The SMILES string of the molecule is Cc1ccc(C(O)c2cc(F)cc(C(F)(F)F)c2)c(C)c1. The summed E-state index contributed by atoms with van der Waals surface area (Å²) in [7, 11) is 0. The summed E-state index contributed by atoms with van der Waals surface area (Å²) in [6, 6.07) is 7.29. The van der Waals surface area contributed by atoms with Crippen molar-refractivity contribution in [2.45, 2.75) is 26.1 Å². The van der Waals surface area contributed by atoms with Crippen LogP contribution in [0.2, 0.25) is 0 Å². The molecule has 21 heavy (non-hydrogen) atoms. The van der Waals surface area contributed by atoms with Crippen LogP contribution in [0.1, 0.15) is 33.9 Å². The lowest BCUT2D eigenvalue weighted by Crippen LogP contribution is -2.09. The molecule has 0 radical (unpaired) electrons. The van der Waals surface area contributed by atoms with Crippen LogP contribution in [0.25, 0.3) is 0 Å². The summed E-state index contributed by atoms with van der Waals surface area (Å²) in [5, 5.41) is 10.2. The summed E-state index contributed by atoms with van der Waals surface area (Å²) >= 11 is 0. The van der Waals surface area contributed by atoms with Gasteiger partial charge in [-0.25, -0.2) is 4.39 Å². The van der Waals surface area contributed by atoms with Gasteiger partial charge in [-0.05, 0) is 48.7 Å². The third-order valence-electron chi connectivity index (χ3n) is 3.28. The van der Waals surface area contributed by atoms with Crippen molar-refractivity contribution in [2.24, 2.45) is 0 Å². The molecule has 0 heterocycles. The Morgan fingerprint density at radius 1 is 1.00 bits per heavy atom. The van der Waals surface area contributed by atoms with E-state index >= 15 is 0 Å². The Hall–Kier alpha value is -1.88. The Balaban J connectivity index is 2.48. The van der Waals surface area contributed by atoms with Gasteiger partial charge in [-0.15, -0.1) is 0 Å². The van der Waals surface area contributed by atoms with Gasteiger partial charge in [-0.1, -0.05) is 23.8 Å². The Morgan fingerprint density at radius 2 is 1.67 bits per heavy atom. The minimum atomic E-state index is -4.65. The Labute approximate surface area is 119 Å². The van der Waals surface area contributed by atoms with Crippen LogP contribution in [0, 0.1) is 19.7 Å². The highest BCUT2D eigenvalue weighted by molar-refractivity contribution is 5.39. The van der Waals surface area contributed by atoms with E-state index in [1.807, 2.05) is 13.0 Å². The van der Waals surface area contributed by atoms with Crippen molar-refractivity contribution in [3.05, 3.63) is 70.0 Å². The topological polar surface area (TPSA) is 20.2 Å². The largest absolute Gasteiger partial charge is 0.416 e. The fraction of sp³-hybridized carbons (Fsp3) is 0.250. The van der Waals surface area contributed by atoms with Crippen molar-refractivity contribution >= 4 is 0 Å². The molecule has 0 aliphatic heterocycles. The molecule has 1 N–H and O–H groups in total.